The van der Waals surface area contributed by atoms with E-state index in [4.69, 9.17) is 16.3 Å². The first-order valence-electron chi connectivity index (χ1n) is 6.88. The quantitative estimate of drug-likeness (QED) is 0.852. The highest BCUT2D eigenvalue weighted by molar-refractivity contribution is 6.30. The maximum Gasteiger partial charge on any atom is 0.123 e. The molecule has 2 aromatic rings. The SMILES string of the molecule is CCNC(COc1cc(Cl)ccc1C)c1ccccc1. The van der Waals surface area contributed by atoms with Crippen LogP contribution in [0.5, 0.6) is 5.75 Å². The monoisotopic (exact) mass is 289 g/mol. The molecule has 1 N–H and O–H groups in total. The van der Waals surface area contributed by atoms with Crippen LogP contribution in [0.4, 0.5) is 0 Å². The van der Waals surface area contributed by atoms with Crippen molar-refractivity contribution in [2.75, 3.05) is 13.2 Å². The van der Waals surface area contributed by atoms with Gasteiger partial charge in [-0.3, -0.25) is 0 Å². The molecule has 0 saturated heterocycles. The van der Waals surface area contributed by atoms with Gasteiger partial charge >= 0.3 is 0 Å². The van der Waals surface area contributed by atoms with E-state index in [0.29, 0.717) is 11.6 Å². The number of halogens is 1. The first-order chi connectivity index (χ1) is 9.70. The molecule has 0 fully saturated rings. The van der Waals surface area contributed by atoms with E-state index < -0.39 is 0 Å². The Labute approximate surface area is 125 Å². The largest absolute Gasteiger partial charge is 0.491 e. The Morgan fingerprint density at radius 1 is 1.15 bits per heavy atom. The summed E-state index contributed by atoms with van der Waals surface area (Å²) < 4.78 is 5.94. The lowest BCUT2D eigenvalue weighted by Crippen LogP contribution is -2.26. The molecule has 0 spiro atoms. The molecule has 0 heterocycles. The van der Waals surface area contributed by atoms with E-state index in [0.717, 1.165) is 17.9 Å². The smallest absolute Gasteiger partial charge is 0.123 e. The van der Waals surface area contributed by atoms with Crippen molar-refractivity contribution in [2.24, 2.45) is 0 Å². The predicted octanol–water partition coefficient (Wildman–Crippen LogP) is 4.38. The van der Waals surface area contributed by atoms with E-state index in [1.807, 2.05) is 43.3 Å². The summed E-state index contributed by atoms with van der Waals surface area (Å²) in [5.41, 5.74) is 2.33. The normalized spacial score (nSPS) is 12.2. The minimum atomic E-state index is 0.180. The number of hydrogen-bond acceptors (Lipinski definition) is 2. The zero-order valence-corrected chi connectivity index (χ0v) is 12.7. The summed E-state index contributed by atoms with van der Waals surface area (Å²) in [4.78, 5) is 0. The minimum absolute atomic E-state index is 0.180. The average molecular weight is 290 g/mol. The van der Waals surface area contributed by atoms with Gasteiger partial charge in [-0.25, -0.2) is 0 Å². The van der Waals surface area contributed by atoms with Crippen LogP contribution in [0.1, 0.15) is 24.1 Å². The molecule has 20 heavy (non-hydrogen) atoms. The van der Waals surface area contributed by atoms with Gasteiger partial charge in [-0.15, -0.1) is 0 Å². The highest BCUT2D eigenvalue weighted by Crippen LogP contribution is 2.24. The van der Waals surface area contributed by atoms with Gasteiger partial charge in [0.15, 0.2) is 0 Å². The van der Waals surface area contributed by atoms with E-state index >= 15 is 0 Å². The molecular formula is C17H20ClNO. The van der Waals surface area contributed by atoms with Gasteiger partial charge in [0.05, 0.1) is 6.04 Å². The van der Waals surface area contributed by atoms with Crippen molar-refractivity contribution in [3.05, 3.63) is 64.7 Å². The van der Waals surface area contributed by atoms with Crippen LogP contribution in [-0.4, -0.2) is 13.2 Å². The van der Waals surface area contributed by atoms with Gasteiger partial charge in [-0.05, 0) is 36.7 Å². The van der Waals surface area contributed by atoms with Crippen molar-refractivity contribution >= 4 is 11.6 Å². The van der Waals surface area contributed by atoms with Gasteiger partial charge in [-0.1, -0.05) is 54.9 Å². The van der Waals surface area contributed by atoms with E-state index in [-0.39, 0.29) is 6.04 Å². The fourth-order valence-corrected chi connectivity index (χ4v) is 2.27. The highest BCUT2D eigenvalue weighted by atomic mass is 35.5. The molecule has 0 saturated carbocycles. The van der Waals surface area contributed by atoms with Gasteiger partial charge in [-0.2, -0.15) is 0 Å². The lowest BCUT2D eigenvalue weighted by molar-refractivity contribution is 0.266. The number of hydrogen-bond donors (Lipinski definition) is 1. The Hall–Kier alpha value is -1.51. The van der Waals surface area contributed by atoms with Crippen molar-refractivity contribution in [1.82, 2.24) is 5.32 Å². The second kappa shape index (κ2) is 7.32. The van der Waals surface area contributed by atoms with Gasteiger partial charge in [0.25, 0.3) is 0 Å². The van der Waals surface area contributed by atoms with Crippen LogP contribution >= 0.6 is 11.6 Å². The third-order valence-electron chi connectivity index (χ3n) is 3.21. The molecule has 0 aliphatic heterocycles. The van der Waals surface area contributed by atoms with Gasteiger partial charge < -0.3 is 10.1 Å². The summed E-state index contributed by atoms with van der Waals surface area (Å²) in [6, 6.07) is 16.2. The van der Waals surface area contributed by atoms with Crippen LogP contribution in [0.25, 0.3) is 0 Å². The molecule has 1 unspecified atom stereocenters. The molecule has 1 atom stereocenters. The first-order valence-corrected chi connectivity index (χ1v) is 7.25. The van der Waals surface area contributed by atoms with Gasteiger partial charge in [0.2, 0.25) is 0 Å². The van der Waals surface area contributed by atoms with Crippen LogP contribution in [0.15, 0.2) is 48.5 Å². The molecule has 2 nitrogen and oxygen atoms in total. The highest BCUT2D eigenvalue weighted by Gasteiger charge is 2.11. The third kappa shape index (κ3) is 3.99. The summed E-state index contributed by atoms with van der Waals surface area (Å²) in [6.45, 7) is 5.60. The standard InChI is InChI=1S/C17H20ClNO/c1-3-19-16(14-7-5-4-6-8-14)12-20-17-11-15(18)10-9-13(17)2/h4-11,16,19H,3,12H2,1-2H3. The van der Waals surface area contributed by atoms with Crippen LogP contribution < -0.4 is 10.1 Å². The number of ether oxygens (including phenoxy) is 1. The Balaban J connectivity index is 2.07. The number of rotatable bonds is 6. The Morgan fingerprint density at radius 2 is 1.90 bits per heavy atom. The van der Waals surface area contributed by atoms with Crippen LogP contribution in [0, 0.1) is 6.92 Å². The van der Waals surface area contributed by atoms with Crippen LogP contribution in [-0.2, 0) is 0 Å². The number of aryl methyl sites for hydroxylation is 1. The molecule has 0 bridgehead atoms. The average Bonchev–Trinajstić information content (AvgIpc) is 2.47. The van der Waals surface area contributed by atoms with Crippen molar-refractivity contribution in [3.63, 3.8) is 0 Å². The summed E-state index contributed by atoms with van der Waals surface area (Å²) >= 11 is 6.01. The minimum Gasteiger partial charge on any atom is -0.491 e. The fourth-order valence-electron chi connectivity index (χ4n) is 2.11. The molecule has 2 aromatic carbocycles. The molecule has 0 amide bonds. The lowest BCUT2D eigenvalue weighted by atomic mass is 10.1. The zero-order chi connectivity index (χ0) is 14.4. The maximum absolute atomic E-state index is 6.01. The molecule has 0 aliphatic carbocycles. The molecule has 2 rings (SSSR count). The summed E-state index contributed by atoms with van der Waals surface area (Å²) in [5, 5.41) is 4.14. The Bertz CT molecular complexity index is 542. The number of likely N-dealkylation sites (N-methyl/N-ethyl adjacent to an activating group) is 1. The topological polar surface area (TPSA) is 21.3 Å². The third-order valence-corrected chi connectivity index (χ3v) is 3.44. The molecule has 3 heteroatoms. The fraction of sp³-hybridized carbons (Fsp3) is 0.294. The molecule has 0 aromatic heterocycles. The second-order valence-electron chi connectivity index (χ2n) is 4.74. The van der Waals surface area contributed by atoms with E-state index in [1.165, 1.54) is 5.56 Å². The van der Waals surface area contributed by atoms with Crippen LogP contribution in [0.2, 0.25) is 5.02 Å². The Kier molecular flexibility index (Phi) is 5.45. The van der Waals surface area contributed by atoms with Gasteiger partial charge in [0, 0.05) is 5.02 Å². The molecule has 0 radical (unpaired) electrons. The van der Waals surface area contributed by atoms with E-state index in [2.05, 4.69) is 24.4 Å². The second-order valence-corrected chi connectivity index (χ2v) is 5.18. The maximum atomic E-state index is 6.01. The molecule has 0 aliphatic rings. The first kappa shape index (κ1) is 14.9. The summed E-state index contributed by atoms with van der Waals surface area (Å²) in [5.74, 6) is 0.844. The summed E-state index contributed by atoms with van der Waals surface area (Å²) in [6.07, 6.45) is 0. The van der Waals surface area contributed by atoms with Crippen molar-refractivity contribution in [3.8, 4) is 5.75 Å². The number of benzene rings is 2. The lowest BCUT2D eigenvalue weighted by Gasteiger charge is -2.20. The Morgan fingerprint density at radius 3 is 2.60 bits per heavy atom. The zero-order valence-electron chi connectivity index (χ0n) is 11.9. The summed E-state index contributed by atoms with van der Waals surface area (Å²) in [7, 11) is 0. The van der Waals surface area contributed by atoms with Crippen molar-refractivity contribution in [1.29, 1.82) is 0 Å². The van der Waals surface area contributed by atoms with Crippen molar-refractivity contribution in [2.45, 2.75) is 19.9 Å². The van der Waals surface area contributed by atoms with Gasteiger partial charge in [0.1, 0.15) is 12.4 Å². The predicted molar refractivity (Wildman–Crippen MR) is 84.5 cm³/mol. The van der Waals surface area contributed by atoms with E-state index in [9.17, 15) is 0 Å². The molecule has 106 valence electrons. The van der Waals surface area contributed by atoms with E-state index in [1.54, 1.807) is 0 Å². The number of nitrogens with one attached hydrogen (secondary N) is 1. The molecular weight excluding hydrogens is 270 g/mol. The van der Waals surface area contributed by atoms with Crippen molar-refractivity contribution < 1.29 is 4.74 Å². The van der Waals surface area contributed by atoms with Crippen LogP contribution in [0.3, 0.4) is 0 Å².